The molecule has 0 spiro atoms. The van der Waals surface area contributed by atoms with Gasteiger partial charge in [0.2, 0.25) is 0 Å². The summed E-state index contributed by atoms with van der Waals surface area (Å²) in [5.41, 5.74) is 0.342. The summed E-state index contributed by atoms with van der Waals surface area (Å²) in [5.74, 6) is 0. The monoisotopic (exact) mass is 228 g/mol. The zero-order valence-corrected chi connectivity index (χ0v) is 11.4. The summed E-state index contributed by atoms with van der Waals surface area (Å²) in [5, 5.41) is 3.53. The highest BCUT2D eigenvalue weighted by molar-refractivity contribution is 4.78. The van der Waals surface area contributed by atoms with E-state index < -0.39 is 0 Å². The molecule has 1 N–H and O–H groups in total. The summed E-state index contributed by atoms with van der Waals surface area (Å²) in [7, 11) is 0. The first-order valence-corrected chi connectivity index (χ1v) is 6.53. The molecule has 1 saturated heterocycles. The SMILES string of the molecule is CC(C)NCC(C)(C)CN1CCCOCC1. The highest BCUT2D eigenvalue weighted by Crippen LogP contribution is 2.17. The van der Waals surface area contributed by atoms with Crippen molar-refractivity contribution in [2.24, 2.45) is 5.41 Å². The fourth-order valence-corrected chi connectivity index (χ4v) is 2.10. The Balaban J connectivity index is 2.31. The lowest BCUT2D eigenvalue weighted by molar-refractivity contribution is 0.129. The molecule has 0 radical (unpaired) electrons. The van der Waals surface area contributed by atoms with Gasteiger partial charge in [0.15, 0.2) is 0 Å². The van der Waals surface area contributed by atoms with Crippen molar-refractivity contribution in [3.8, 4) is 0 Å². The van der Waals surface area contributed by atoms with Crippen LogP contribution in [0.4, 0.5) is 0 Å². The van der Waals surface area contributed by atoms with Gasteiger partial charge in [0, 0.05) is 38.8 Å². The lowest BCUT2D eigenvalue weighted by atomic mass is 9.92. The molecular formula is C13H28N2O. The zero-order chi connectivity index (χ0) is 12.0. The van der Waals surface area contributed by atoms with Gasteiger partial charge in [-0.25, -0.2) is 0 Å². The minimum absolute atomic E-state index is 0.342. The van der Waals surface area contributed by atoms with E-state index in [0.29, 0.717) is 11.5 Å². The van der Waals surface area contributed by atoms with Gasteiger partial charge in [0.05, 0.1) is 6.61 Å². The molecule has 3 nitrogen and oxygen atoms in total. The Morgan fingerprint density at radius 1 is 1.25 bits per heavy atom. The quantitative estimate of drug-likeness (QED) is 0.775. The minimum Gasteiger partial charge on any atom is -0.380 e. The Hall–Kier alpha value is -0.120. The third-order valence-electron chi connectivity index (χ3n) is 2.96. The highest BCUT2D eigenvalue weighted by atomic mass is 16.5. The van der Waals surface area contributed by atoms with Crippen LogP contribution in [0.5, 0.6) is 0 Å². The molecule has 96 valence electrons. The lowest BCUT2D eigenvalue weighted by Gasteiger charge is -2.32. The second-order valence-electron chi connectivity index (χ2n) is 5.94. The Morgan fingerprint density at radius 3 is 2.69 bits per heavy atom. The largest absolute Gasteiger partial charge is 0.380 e. The number of nitrogens with one attached hydrogen (secondary N) is 1. The van der Waals surface area contributed by atoms with Crippen molar-refractivity contribution in [2.45, 2.75) is 40.2 Å². The fraction of sp³-hybridized carbons (Fsp3) is 1.00. The van der Waals surface area contributed by atoms with Gasteiger partial charge in [-0.15, -0.1) is 0 Å². The molecule has 0 aliphatic carbocycles. The standard InChI is InChI=1S/C13H28N2O/c1-12(2)14-10-13(3,4)11-15-6-5-8-16-9-7-15/h12,14H,5-11H2,1-4H3. The predicted octanol–water partition coefficient (Wildman–Crippen LogP) is 1.73. The average Bonchev–Trinajstić information content (AvgIpc) is 2.43. The van der Waals surface area contributed by atoms with Crippen molar-refractivity contribution < 1.29 is 4.74 Å². The molecular weight excluding hydrogens is 200 g/mol. The third-order valence-corrected chi connectivity index (χ3v) is 2.96. The van der Waals surface area contributed by atoms with Crippen LogP contribution in [0.3, 0.4) is 0 Å². The van der Waals surface area contributed by atoms with E-state index in [0.717, 1.165) is 32.8 Å². The van der Waals surface area contributed by atoms with Gasteiger partial charge in [-0.05, 0) is 11.8 Å². The molecule has 0 unspecified atom stereocenters. The molecule has 0 amide bonds. The normalized spacial score (nSPS) is 20.1. The molecule has 0 bridgehead atoms. The molecule has 16 heavy (non-hydrogen) atoms. The first kappa shape index (κ1) is 13.9. The summed E-state index contributed by atoms with van der Waals surface area (Å²) in [6.07, 6.45) is 1.17. The molecule has 1 aliphatic heterocycles. The van der Waals surface area contributed by atoms with Gasteiger partial charge in [-0.2, -0.15) is 0 Å². The molecule has 0 aromatic carbocycles. The third kappa shape index (κ3) is 5.83. The maximum absolute atomic E-state index is 5.48. The predicted molar refractivity (Wildman–Crippen MR) is 68.8 cm³/mol. The highest BCUT2D eigenvalue weighted by Gasteiger charge is 2.22. The van der Waals surface area contributed by atoms with Crippen LogP contribution in [0.1, 0.15) is 34.1 Å². The second kappa shape index (κ2) is 6.58. The van der Waals surface area contributed by atoms with Gasteiger partial charge in [0.1, 0.15) is 0 Å². The van der Waals surface area contributed by atoms with Crippen LogP contribution in [0.15, 0.2) is 0 Å². The van der Waals surface area contributed by atoms with Crippen LogP contribution in [-0.4, -0.2) is 50.3 Å². The van der Waals surface area contributed by atoms with Gasteiger partial charge in [-0.1, -0.05) is 27.7 Å². The molecule has 1 fully saturated rings. The van der Waals surface area contributed by atoms with E-state index in [4.69, 9.17) is 4.74 Å². The van der Waals surface area contributed by atoms with E-state index in [9.17, 15) is 0 Å². The average molecular weight is 228 g/mol. The molecule has 1 heterocycles. The van der Waals surface area contributed by atoms with Crippen molar-refractivity contribution >= 4 is 0 Å². The topological polar surface area (TPSA) is 24.5 Å². The van der Waals surface area contributed by atoms with Crippen LogP contribution >= 0.6 is 0 Å². The van der Waals surface area contributed by atoms with Crippen LogP contribution in [0.25, 0.3) is 0 Å². The molecule has 1 aliphatic rings. The van der Waals surface area contributed by atoms with E-state index in [-0.39, 0.29) is 0 Å². The molecule has 0 saturated carbocycles. The summed E-state index contributed by atoms with van der Waals surface area (Å²) in [6.45, 7) is 15.4. The van der Waals surface area contributed by atoms with Gasteiger partial charge < -0.3 is 15.0 Å². The number of rotatable bonds is 5. The molecule has 0 aromatic rings. The smallest absolute Gasteiger partial charge is 0.0593 e. The summed E-state index contributed by atoms with van der Waals surface area (Å²) in [6, 6.07) is 0.576. The Kier molecular flexibility index (Phi) is 5.73. The second-order valence-corrected chi connectivity index (χ2v) is 5.94. The van der Waals surface area contributed by atoms with E-state index >= 15 is 0 Å². The molecule has 1 rings (SSSR count). The van der Waals surface area contributed by atoms with Crippen molar-refractivity contribution in [1.82, 2.24) is 10.2 Å². The summed E-state index contributed by atoms with van der Waals surface area (Å²) in [4.78, 5) is 2.54. The lowest BCUT2D eigenvalue weighted by Crippen LogP contribution is -2.43. The molecule has 0 aromatic heterocycles. The maximum Gasteiger partial charge on any atom is 0.0593 e. The summed E-state index contributed by atoms with van der Waals surface area (Å²) >= 11 is 0. The van der Waals surface area contributed by atoms with Crippen LogP contribution in [-0.2, 0) is 4.74 Å². The number of nitrogens with zero attached hydrogens (tertiary/aromatic N) is 1. The first-order valence-electron chi connectivity index (χ1n) is 6.53. The van der Waals surface area contributed by atoms with Crippen molar-refractivity contribution in [2.75, 3.05) is 39.4 Å². The number of ether oxygens (including phenoxy) is 1. The van der Waals surface area contributed by atoms with Gasteiger partial charge in [-0.3, -0.25) is 0 Å². The zero-order valence-electron chi connectivity index (χ0n) is 11.4. The van der Waals surface area contributed by atoms with E-state index in [1.165, 1.54) is 13.0 Å². The Morgan fingerprint density at radius 2 is 2.00 bits per heavy atom. The summed E-state index contributed by atoms with van der Waals surface area (Å²) < 4.78 is 5.48. The number of hydrogen-bond acceptors (Lipinski definition) is 3. The van der Waals surface area contributed by atoms with Crippen LogP contribution < -0.4 is 5.32 Å². The van der Waals surface area contributed by atoms with E-state index in [2.05, 4.69) is 37.9 Å². The fourth-order valence-electron chi connectivity index (χ4n) is 2.10. The molecule has 0 atom stereocenters. The maximum atomic E-state index is 5.48. The van der Waals surface area contributed by atoms with Crippen molar-refractivity contribution in [3.63, 3.8) is 0 Å². The van der Waals surface area contributed by atoms with E-state index in [1.807, 2.05) is 0 Å². The van der Waals surface area contributed by atoms with Gasteiger partial charge >= 0.3 is 0 Å². The van der Waals surface area contributed by atoms with Crippen molar-refractivity contribution in [3.05, 3.63) is 0 Å². The van der Waals surface area contributed by atoms with E-state index in [1.54, 1.807) is 0 Å². The van der Waals surface area contributed by atoms with Gasteiger partial charge in [0.25, 0.3) is 0 Å². The van der Waals surface area contributed by atoms with Crippen molar-refractivity contribution in [1.29, 1.82) is 0 Å². The van der Waals surface area contributed by atoms with Crippen LogP contribution in [0, 0.1) is 5.41 Å². The number of hydrogen-bond donors (Lipinski definition) is 1. The Labute approximate surface area is 101 Å². The first-order chi connectivity index (χ1) is 7.49. The molecule has 3 heteroatoms. The minimum atomic E-state index is 0.342. The Bertz CT molecular complexity index is 184. The van der Waals surface area contributed by atoms with Crippen LogP contribution in [0.2, 0.25) is 0 Å².